The Hall–Kier alpha value is -1.78. The number of hydrogen-bond acceptors (Lipinski definition) is 3. The molecule has 1 heterocycles. The van der Waals surface area contributed by atoms with Crippen LogP contribution in [0.3, 0.4) is 0 Å². The summed E-state index contributed by atoms with van der Waals surface area (Å²) in [4.78, 5) is 11.1. The molecule has 0 spiro atoms. The molecule has 4 nitrogen and oxygen atoms in total. The van der Waals surface area contributed by atoms with Crippen LogP contribution in [-0.4, -0.2) is 13.0 Å². The van der Waals surface area contributed by atoms with E-state index in [0.29, 0.717) is 16.5 Å². The maximum atomic E-state index is 11.1. The van der Waals surface area contributed by atoms with Gasteiger partial charge < -0.3 is 14.9 Å². The summed E-state index contributed by atoms with van der Waals surface area (Å²) >= 11 is 5.81. The van der Waals surface area contributed by atoms with Gasteiger partial charge in [-0.25, -0.2) is 0 Å². The zero-order valence-electron chi connectivity index (χ0n) is 9.72. The molecule has 94 valence electrons. The van der Waals surface area contributed by atoms with Gasteiger partial charge in [0.2, 0.25) is 0 Å². The Labute approximate surface area is 109 Å². The Bertz CT molecular complexity index is 548. The number of nitrogens with two attached hydrogens (primary N) is 1. The summed E-state index contributed by atoms with van der Waals surface area (Å²) in [5.74, 6) is 0.425. The van der Waals surface area contributed by atoms with Gasteiger partial charge in [0.1, 0.15) is 11.5 Å². The highest BCUT2D eigenvalue weighted by Gasteiger charge is 2.21. The number of halogens is 1. The Balaban J connectivity index is 2.30. The standard InChI is InChI=1S/C13H12ClNO3/c1-17-12(13(15)16)11-7-6-10(18-11)8-2-4-9(14)5-3-8/h2-7,12H,1H3,(H2,15,16). The highest BCUT2D eigenvalue weighted by Crippen LogP contribution is 2.27. The highest BCUT2D eigenvalue weighted by atomic mass is 35.5. The van der Waals surface area contributed by atoms with E-state index in [4.69, 9.17) is 26.5 Å². The Kier molecular flexibility index (Phi) is 3.69. The lowest BCUT2D eigenvalue weighted by atomic mass is 10.2. The number of carbonyl (C=O) groups is 1. The minimum Gasteiger partial charge on any atom is -0.458 e. The Morgan fingerprint density at radius 3 is 2.50 bits per heavy atom. The molecule has 0 saturated heterocycles. The molecule has 0 aliphatic heterocycles. The van der Waals surface area contributed by atoms with Crippen molar-refractivity contribution in [3.05, 3.63) is 47.2 Å². The van der Waals surface area contributed by atoms with Gasteiger partial charge in [-0.2, -0.15) is 0 Å². The van der Waals surface area contributed by atoms with Crippen molar-refractivity contribution in [2.75, 3.05) is 7.11 Å². The van der Waals surface area contributed by atoms with Gasteiger partial charge in [-0.3, -0.25) is 4.79 Å². The van der Waals surface area contributed by atoms with Crippen molar-refractivity contribution < 1.29 is 13.9 Å². The van der Waals surface area contributed by atoms with Gasteiger partial charge in [-0.1, -0.05) is 11.6 Å². The van der Waals surface area contributed by atoms with Crippen LogP contribution in [-0.2, 0) is 9.53 Å². The van der Waals surface area contributed by atoms with Crippen LogP contribution in [0.25, 0.3) is 11.3 Å². The Morgan fingerprint density at radius 1 is 1.28 bits per heavy atom. The van der Waals surface area contributed by atoms with Crippen molar-refractivity contribution in [2.45, 2.75) is 6.10 Å². The number of methoxy groups -OCH3 is 1. The van der Waals surface area contributed by atoms with Crippen LogP contribution in [0.15, 0.2) is 40.8 Å². The summed E-state index contributed by atoms with van der Waals surface area (Å²) in [6, 6.07) is 10.6. The fraction of sp³-hybridized carbons (Fsp3) is 0.154. The average molecular weight is 266 g/mol. The third-order valence-corrected chi connectivity index (χ3v) is 2.76. The fourth-order valence-electron chi connectivity index (χ4n) is 1.64. The monoisotopic (exact) mass is 265 g/mol. The molecule has 0 aliphatic rings. The maximum absolute atomic E-state index is 11.1. The second-order valence-electron chi connectivity index (χ2n) is 3.73. The first-order valence-electron chi connectivity index (χ1n) is 5.29. The van der Waals surface area contributed by atoms with E-state index in [9.17, 15) is 4.79 Å². The molecule has 0 aliphatic carbocycles. The summed E-state index contributed by atoms with van der Waals surface area (Å²) < 4.78 is 10.5. The van der Waals surface area contributed by atoms with Gasteiger partial charge in [0.05, 0.1) is 0 Å². The van der Waals surface area contributed by atoms with Crippen LogP contribution >= 0.6 is 11.6 Å². The van der Waals surface area contributed by atoms with Gasteiger partial charge in [0.15, 0.2) is 6.10 Å². The van der Waals surface area contributed by atoms with E-state index >= 15 is 0 Å². The van der Waals surface area contributed by atoms with Crippen molar-refractivity contribution in [1.82, 2.24) is 0 Å². The quantitative estimate of drug-likeness (QED) is 0.924. The zero-order valence-corrected chi connectivity index (χ0v) is 10.5. The van der Waals surface area contributed by atoms with E-state index in [2.05, 4.69) is 0 Å². The smallest absolute Gasteiger partial charge is 0.254 e. The highest BCUT2D eigenvalue weighted by molar-refractivity contribution is 6.30. The van der Waals surface area contributed by atoms with Gasteiger partial charge in [0, 0.05) is 17.7 Å². The molecule has 18 heavy (non-hydrogen) atoms. The molecule has 0 fully saturated rings. The lowest BCUT2D eigenvalue weighted by Crippen LogP contribution is -2.22. The first kappa shape index (κ1) is 12.7. The number of carbonyl (C=O) groups excluding carboxylic acids is 1. The van der Waals surface area contributed by atoms with Gasteiger partial charge in [-0.15, -0.1) is 0 Å². The van der Waals surface area contributed by atoms with E-state index in [1.165, 1.54) is 7.11 Å². The normalized spacial score (nSPS) is 12.3. The average Bonchev–Trinajstić information content (AvgIpc) is 2.80. The molecule has 2 rings (SSSR count). The first-order valence-corrected chi connectivity index (χ1v) is 5.67. The van der Waals surface area contributed by atoms with Crippen molar-refractivity contribution in [1.29, 1.82) is 0 Å². The summed E-state index contributed by atoms with van der Waals surface area (Å²) in [5.41, 5.74) is 6.07. The number of benzene rings is 1. The number of amides is 1. The maximum Gasteiger partial charge on any atom is 0.254 e. The number of rotatable bonds is 4. The van der Waals surface area contributed by atoms with E-state index in [1.807, 2.05) is 12.1 Å². The van der Waals surface area contributed by atoms with Crippen molar-refractivity contribution in [3.63, 3.8) is 0 Å². The summed E-state index contributed by atoms with van der Waals surface area (Å²) in [6.45, 7) is 0. The first-order chi connectivity index (χ1) is 8.61. The van der Waals surface area contributed by atoms with Crippen molar-refractivity contribution in [3.8, 4) is 11.3 Å². The number of primary amides is 1. The van der Waals surface area contributed by atoms with Crippen LogP contribution in [0.4, 0.5) is 0 Å². The van der Waals surface area contributed by atoms with Gasteiger partial charge in [-0.05, 0) is 36.4 Å². The molecule has 1 amide bonds. The van der Waals surface area contributed by atoms with Crippen LogP contribution in [0.2, 0.25) is 5.02 Å². The van der Waals surface area contributed by atoms with E-state index in [1.54, 1.807) is 24.3 Å². The van der Waals surface area contributed by atoms with Crippen LogP contribution in [0.5, 0.6) is 0 Å². The molecule has 2 aromatic rings. The number of ether oxygens (including phenoxy) is 1. The minimum atomic E-state index is -0.869. The molecule has 5 heteroatoms. The number of furan rings is 1. The lowest BCUT2D eigenvalue weighted by molar-refractivity contribution is -0.128. The molecule has 1 aromatic carbocycles. The molecule has 1 aromatic heterocycles. The summed E-state index contributed by atoms with van der Waals surface area (Å²) in [6.07, 6.45) is -0.869. The predicted octanol–water partition coefficient (Wildman–Crippen LogP) is 2.77. The summed E-state index contributed by atoms with van der Waals surface area (Å²) in [5, 5.41) is 0.650. The Morgan fingerprint density at radius 2 is 1.94 bits per heavy atom. The summed E-state index contributed by atoms with van der Waals surface area (Å²) in [7, 11) is 1.40. The van der Waals surface area contributed by atoms with Crippen LogP contribution in [0, 0.1) is 0 Å². The molecule has 0 saturated carbocycles. The second-order valence-corrected chi connectivity index (χ2v) is 4.16. The number of hydrogen-bond donors (Lipinski definition) is 1. The predicted molar refractivity (Wildman–Crippen MR) is 68.1 cm³/mol. The largest absolute Gasteiger partial charge is 0.458 e. The molecular formula is C13H12ClNO3. The molecule has 1 unspecified atom stereocenters. The molecule has 0 radical (unpaired) electrons. The van der Waals surface area contributed by atoms with Crippen molar-refractivity contribution >= 4 is 17.5 Å². The zero-order chi connectivity index (χ0) is 13.1. The van der Waals surface area contributed by atoms with E-state index in [-0.39, 0.29) is 0 Å². The van der Waals surface area contributed by atoms with E-state index in [0.717, 1.165) is 5.56 Å². The molecule has 2 N–H and O–H groups in total. The molecule has 0 bridgehead atoms. The van der Waals surface area contributed by atoms with Gasteiger partial charge in [0.25, 0.3) is 5.91 Å². The van der Waals surface area contributed by atoms with Crippen LogP contribution < -0.4 is 5.73 Å². The van der Waals surface area contributed by atoms with Crippen LogP contribution in [0.1, 0.15) is 11.9 Å². The SMILES string of the molecule is COC(C(N)=O)c1ccc(-c2ccc(Cl)cc2)o1. The van der Waals surface area contributed by atoms with Crippen molar-refractivity contribution in [2.24, 2.45) is 5.73 Å². The lowest BCUT2D eigenvalue weighted by Gasteiger charge is -2.07. The molecular weight excluding hydrogens is 254 g/mol. The van der Waals surface area contributed by atoms with Gasteiger partial charge >= 0.3 is 0 Å². The topological polar surface area (TPSA) is 65.5 Å². The fourth-order valence-corrected chi connectivity index (χ4v) is 1.76. The third-order valence-electron chi connectivity index (χ3n) is 2.51. The molecule has 1 atom stereocenters. The van der Waals surface area contributed by atoms with E-state index < -0.39 is 12.0 Å². The second kappa shape index (κ2) is 5.25. The minimum absolute atomic E-state index is 0.384. The third kappa shape index (κ3) is 2.55.